The number of nitriles is 1. The van der Waals surface area contributed by atoms with Crippen molar-refractivity contribution in [3.63, 3.8) is 0 Å². The monoisotopic (exact) mass is 295 g/mol. The largest absolute Gasteiger partial charge is 0.370 e. The molecule has 106 valence electrons. The van der Waals surface area contributed by atoms with Gasteiger partial charge < -0.3 is 10.1 Å². The van der Waals surface area contributed by atoms with E-state index in [0.29, 0.717) is 18.2 Å². The molecule has 0 aliphatic carbocycles. The van der Waals surface area contributed by atoms with Gasteiger partial charge in [-0.15, -0.1) is 0 Å². The van der Waals surface area contributed by atoms with E-state index in [1.165, 1.54) is 6.07 Å². The Balaban J connectivity index is 1.85. The van der Waals surface area contributed by atoms with E-state index in [1.807, 2.05) is 6.07 Å². The minimum Gasteiger partial charge on any atom is -0.370 e. The summed E-state index contributed by atoms with van der Waals surface area (Å²) in [6, 6.07) is 5.10. The van der Waals surface area contributed by atoms with Gasteiger partial charge in [-0.25, -0.2) is 4.39 Å². The Labute approximate surface area is 122 Å². The van der Waals surface area contributed by atoms with E-state index in [1.54, 1.807) is 6.07 Å². The predicted octanol–water partition coefficient (Wildman–Crippen LogP) is 1.70. The average Bonchev–Trinajstić information content (AvgIpc) is 2.47. The normalized spacial score (nSPS) is 26.9. The lowest BCUT2D eigenvalue weighted by atomic mass is 10.0. The minimum atomic E-state index is -0.586. The number of morpholine rings is 1. The summed E-state index contributed by atoms with van der Waals surface area (Å²) in [6.07, 6.45) is -0.204. The molecule has 1 aromatic rings. The van der Waals surface area contributed by atoms with Crippen LogP contribution in [0, 0.1) is 17.1 Å². The molecule has 2 fully saturated rings. The molecule has 0 bridgehead atoms. The molecule has 0 unspecified atom stereocenters. The van der Waals surface area contributed by atoms with Gasteiger partial charge in [-0.1, -0.05) is 17.7 Å². The molecule has 2 aliphatic rings. The van der Waals surface area contributed by atoms with E-state index < -0.39 is 5.82 Å². The Morgan fingerprint density at radius 2 is 2.35 bits per heavy atom. The maximum Gasteiger partial charge on any atom is 0.142 e. The molecule has 1 N–H and O–H groups in total. The number of nitrogens with one attached hydrogen (secondary N) is 1. The minimum absolute atomic E-state index is 0.102. The van der Waals surface area contributed by atoms with Gasteiger partial charge in [0.2, 0.25) is 0 Å². The van der Waals surface area contributed by atoms with Crippen LogP contribution in [0.2, 0.25) is 5.02 Å². The molecule has 4 nitrogen and oxygen atoms in total. The summed E-state index contributed by atoms with van der Waals surface area (Å²) < 4.78 is 19.4. The number of fused-ring (bicyclic) bond motifs is 1. The van der Waals surface area contributed by atoms with E-state index >= 15 is 0 Å². The first kappa shape index (κ1) is 13.8. The number of piperazine rings is 1. The van der Waals surface area contributed by atoms with E-state index in [9.17, 15) is 4.39 Å². The average molecular weight is 296 g/mol. The number of halogens is 2. The van der Waals surface area contributed by atoms with Crippen molar-refractivity contribution in [3.05, 3.63) is 34.1 Å². The fraction of sp³-hybridized carbons (Fsp3) is 0.500. The van der Waals surface area contributed by atoms with Crippen LogP contribution in [0.3, 0.4) is 0 Å². The molecule has 1 aromatic carbocycles. The molecular weight excluding hydrogens is 281 g/mol. The van der Waals surface area contributed by atoms with Crippen molar-refractivity contribution in [2.45, 2.75) is 12.1 Å². The molecule has 3 rings (SSSR count). The molecule has 0 spiro atoms. The first-order chi connectivity index (χ1) is 9.70. The molecule has 20 heavy (non-hydrogen) atoms. The summed E-state index contributed by atoms with van der Waals surface area (Å²) in [5.41, 5.74) is 0.594. The smallest absolute Gasteiger partial charge is 0.142 e. The summed E-state index contributed by atoms with van der Waals surface area (Å²) in [4.78, 5) is 2.36. The lowest BCUT2D eigenvalue weighted by Crippen LogP contribution is -2.57. The molecule has 0 saturated carbocycles. The SMILES string of the molecule is N#Cc1c(F)ccc([C@H]2CN3CCNC[C@@H]3CO2)c1Cl. The third-order valence-electron chi connectivity index (χ3n) is 3.94. The predicted molar refractivity (Wildman–Crippen MR) is 73.0 cm³/mol. The molecular formula is C14H15ClFN3O. The number of ether oxygens (including phenoxy) is 1. The van der Waals surface area contributed by atoms with Gasteiger partial charge in [0.1, 0.15) is 17.4 Å². The van der Waals surface area contributed by atoms with Crippen molar-refractivity contribution >= 4 is 11.6 Å². The summed E-state index contributed by atoms with van der Waals surface area (Å²) in [5, 5.41) is 12.5. The zero-order chi connectivity index (χ0) is 14.1. The standard InChI is InChI=1S/C14H15ClFN3O/c15-14-10(1-2-12(16)11(14)5-17)13-7-19-4-3-18-6-9(19)8-20-13/h1-2,9,13,18H,3-4,6-8H2/t9-,13-/m1/s1. The van der Waals surface area contributed by atoms with Crippen molar-refractivity contribution in [3.8, 4) is 6.07 Å². The molecule has 0 aromatic heterocycles. The first-order valence-electron chi connectivity index (χ1n) is 6.65. The second-order valence-electron chi connectivity index (χ2n) is 5.11. The van der Waals surface area contributed by atoms with E-state index in [4.69, 9.17) is 21.6 Å². The summed E-state index contributed by atoms with van der Waals surface area (Å²) in [5.74, 6) is -0.586. The van der Waals surface area contributed by atoms with Crippen LogP contribution in [0.15, 0.2) is 12.1 Å². The molecule has 0 radical (unpaired) electrons. The van der Waals surface area contributed by atoms with Crippen molar-refractivity contribution in [2.24, 2.45) is 0 Å². The second kappa shape index (κ2) is 5.66. The van der Waals surface area contributed by atoms with Crippen LogP contribution < -0.4 is 5.32 Å². The summed E-state index contributed by atoms with van der Waals surface area (Å²) >= 11 is 6.15. The number of rotatable bonds is 1. The number of hydrogen-bond acceptors (Lipinski definition) is 4. The molecule has 6 heteroatoms. The molecule has 2 heterocycles. The molecule has 2 saturated heterocycles. The Hall–Kier alpha value is -1.19. The second-order valence-corrected chi connectivity index (χ2v) is 5.49. The maximum atomic E-state index is 13.5. The van der Waals surface area contributed by atoms with Crippen LogP contribution in [-0.4, -0.2) is 43.7 Å². The third kappa shape index (κ3) is 2.40. The van der Waals surface area contributed by atoms with Gasteiger partial charge in [-0.05, 0) is 6.07 Å². The van der Waals surface area contributed by atoms with Crippen LogP contribution in [0.1, 0.15) is 17.2 Å². The number of hydrogen-bond donors (Lipinski definition) is 1. The molecule has 0 amide bonds. The number of nitrogens with zero attached hydrogens (tertiary/aromatic N) is 2. The lowest BCUT2D eigenvalue weighted by Gasteiger charge is -2.42. The van der Waals surface area contributed by atoms with Gasteiger partial charge >= 0.3 is 0 Å². The maximum absolute atomic E-state index is 13.5. The van der Waals surface area contributed by atoms with Gasteiger partial charge in [0.05, 0.1) is 17.7 Å². The van der Waals surface area contributed by atoms with Crippen LogP contribution >= 0.6 is 11.6 Å². The number of benzene rings is 1. The Kier molecular flexibility index (Phi) is 3.90. The fourth-order valence-electron chi connectivity index (χ4n) is 2.81. The van der Waals surface area contributed by atoms with Crippen LogP contribution in [0.25, 0.3) is 0 Å². The van der Waals surface area contributed by atoms with Crippen molar-refractivity contribution in [2.75, 3.05) is 32.8 Å². The third-order valence-corrected chi connectivity index (χ3v) is 4.35. The zero-order valence-corrected chi connectivity index (χ0v) is 11.7. The van der Waals surface area contributed by atoms with Crippen molar-refractivity contribution < 1.29 is 9.13 Å². The van der Waals surface area contributed by atoms with Gasteiger partial charge in [0, 0.05) is 37.8 Å². The van der Waals surface area contributed by atoms with E-state index in [2.05, 4.69) is 10.2 Å². The van der Waals surface area contributed by atoms with Crippen molar-refractivity contribution in [1.29, 1.82) is 5.26 Å². The highest BCUT2D eigenvalue weighted by atomic mass is 35.5. The van der Waals surface area contributed by atoms with Gasteiger partial charge in [0.15, 0.2) is 0 Å². The quantitative estimate of drug-likeness (QED) is 0.857. The topological polar surface area (TPSA) is 48.3 Å². The van der Waals surface area contributed by atoms with E-state index in [-0.39, 0.29) is 16.7 Å². The highest BCUT2D eigenvalue weighted by molar-refractivity contribution is 6.32. The van der Waals surface area contributed by atoms with Crippen LogP contribution in [0.4, 0.5) is 4.39 Å². The Morgan fingerprint density at radius 3 is 3.15 bits per heavy atom. The highest BCUT2D eigenvalue weighted by Crippen LogP contribution is 2.33. The van der Waals surface area contributed by atoms with Gasteiger partial charge in [0.25, 0.3) is 0 Å². The zero-order valence-electron chi connectivity index (χ0n) is 10.9. The summed E-state index contributed by atoms with van der Waals surface area (Å²) in [6.45, 7) is 4.20. The molecule has 2 aliphatic heterocycles. The highest BCUT2D eigenvalue weighted by Gasteiger charge is 2.32. The van der Waals surface area contributed by atoms with Crippen molar-refractivity contribution in [1.82, 2.24) is 10.2 Å². The lowest BCUT2D eigenvalue weighted by molar-refractivity contribution is -0.0717. The van der Waals surface area contributed by atoms with Crippen LogP contribution in [-0.2, 0) is 4.74 Å². The van der Waals surface area contributed by atoms with Crippen LogP contribution in [0.5, 0.6) is 0 Å². The summed E-state index contributed by atoms with van der Waals surface area (Å²) in [7, 11) is 0. The van der Waals surface area contributed by atoms with E-state index in [0.717, 1.165) is 26.2 Å². The van der Waals surface area contributed by atoms with Gasteiger partial charge in [-0.3, -0.25) is 4.90 Å². The Bertz CT molecular complexity index is 560. The Morgan fingerprint density at radius 1 is 1.50 bits per heavy atom. The van der Waals surface area contributed by atoms with Gasteiger partial charge in [-0.2, -0.15) is 5.26 Å². The fourth-order valence-corrected chi connectivity index (χ4v) is 3.13. The first-order valence-corrected chi connectivity index (χ1v) is 7.03. The molecule has 2 atom stereocenters.